The second-order valence-electron chi connectivity index (χ2n) is 5.04. The van der Waals surface area contributed by atoms with Crippen molar-refractivity contribution in [3.05, 3.63) is 29.3 Å². The lowest BCUT2D eigenvalue weighted by atomic mass is 10.2. The van der Waals surface area contributed by atoms with Gasteiger partial charge < -0.3 is 5.32 Å². The number of benzene rings is 1. The van der Waals surface area contributed by atoms with Crippen molar-refractivity contribution in [3.63, 3.8) is 0 Å². The van der Waals surface area contributed by atoms with Crippen molar-refractivity contribution in [1.29, 1.82) is 0 Å². The van der Waals surface area contributed by atoms with Crippen LogP contribution >= 0.6 is 11.6 Å². The highest BCUT2D eigenvalue weighted by molar-refractivity contribution is 7.91. The molecule has 1 aromatic carbocycles. The van der Waals surface area contributed by atoms with Crippen molar-refractivity contribution >= 4 is 21.4 Å². The number of rotatable bonds is 6. The Kier molecular flexibility index (Phi) is 5.25. The van der Waals surface area contributed by atoms with E-state index in [4.69, 9.17) is 11.6 Å². The maximum absolute atomic E-state index is 12.1. The van der Waals surface area contributed by atoms with Crippen LogP contribution in [0.25, 0.3) is 0 Å². The minimum Gasteiger partial charge on any atom is -0.314 e. The summed E-state index contributed by atoms with van der Waals surface area (Å²) < 4.78 is 24.3. The first kappa shape index (κ1) is 14.8. The zero-order valence-corrected chi connectivity index (χ0v) is 12.5. The molecule has 1 aromatic rings. The lowest BCUT2D eigenvalue weighted by molar-refractivity contribution is 0.520. The fourth-order valence-electron chi connectivity index (χ4n) is 2.51. The Bertz CT molecular complexity index is 510. The average molecular weight is 302 g/mol. The minimum atomic E-state index is -3.26. The number of nitrogens with one attached hydrogen (secondary N) is 1. The fourth-order valence-corrected chi connectivity index (χ4v) is 4.39. The predicted octanol–water partition coefficient (Wildman–Crippen LogP) is 3.04. The molecular formula is C14H20ClNO2S. The van der Waals surface area contributed by atoms with Crippen molar-refractivity contribution in [2.45, 2.75) is 43.0 Å². The molecule has 106 valence electrons. The summed E-state index contributed by atoms with van der Waals surface area (Å²) in [5, 5.41) is 3.73. The van der Waals surface area contributed by atoms with Crippen molar-refractivity contribution in [2.75, 3.05) is 12.3 Å². The van der Waals surface area contributed by atoms with Crippen LogP contribution in [0.5, 0.6) is 0 Å². The summed E-state index contributed by atoms with van der Waals surface area (Å²) in [5.41, 5.74) is 0. The maximum Gasteiger partial charge on any atom is 0.179 e. The van der Waals surface area contributed by atoms with Crippen LogP contribution in [0.3, 0.4) is 0 Å². The molecule has 0 radical (unpaired) electrons. The summed E-state index contributed by atoms with van der Waals surface area (Å²) in [5.74, 6) is 0.149. The smallest absolute Gasteiger partial charge is 0.179 e. The molecule has 0 unspecified atom stereocenters. The number of sulfone groups is 1. The zero-order valence-electron chi connectivity index (χ0n) is 10.9. The van der Waals surface area contributed by atoms with Crippen LogP contribution in [0.2, 0.25) is 5.02 Å². The first-order valence-corrected chi connectivity index (χ1v) is 8.83. The number of hydrogen-bond donors (Lipinski definition) is 1. The van der Waals surface area contributed by atoms with Gasteiger partial charge in [0.1, 0.15) is 0 Å². The molecule has 1 saturated carbocycles. The summed E-state index contributed by atoms with van der Waals surface area (Å²) in [6, 6.07) is 7.22. The summed E-state index contributed by atoms with van der Waals surface area (Å²) in [7, 11) is -3.26. The molecule has 0 saturated heterocycles. The molecule has 0 spiro atoms. The van der Waals surface area contributed by atoms with Crippen molar-refractivity contribution in [2.24, 2.45) is 0 Å². The SMILES string of the molecule is O=S(=O)(CCCNC1CCCC1)c1ccccc1Cl. The Balaban J connectivity index is 1.82. The fraction of sp³-hybridized carbons (Fsp3) is 0.571. The minimum absolute atomic E-state index is 0.149. The third kappa shape index (κ3) is 4.20. The van der Waals surface area contributed by atoms with Crippen molar-refractivity contribution in [1.82, 2.24) is 5.32 Å². The largest absolute Gasteiger partial charge is 0.314 e. The van der Waals surface area contributed by atoms with E-state index >= 15 is 0 Å². The van der Waals surface area contributed by atoms with E-state index in [9.17, 15) is 8.42 Å². The molecule has 1 aliphatic rings. The number of halogens is 1. The first-order chi connectivity index (χ1) is 9.09. The molecule has 1 aliphatic carbocycles. The molecule has 19 heavy (non-hydrogen) atoms. The van der Waals surface area contributed by atoms with E-state index in [1.54, 1.807) is 24.3 Å². The standard InChI is InChI=1S/C14H20ClNO2S/c15-13-8-3-4-9-14(13)19(17,18)11-5-10-16-12-6-1-2-7-12/h3-4,8-9,12,16H,1-2,5-7,10-11H2. The molecule has 1 fully saturated rings. The van der Waals surface area contributed by atoms with E-state index in [0.29, 0.717) is 17.5 Å². The Labute approximate surface area is 120 Å². The molecule has 1 N–H and O–H groups in total. The second-order valence-corrected chi connectivity index (χ2v) is 7.52. The second kappa shape index (κ2) is 6.73. The molecular weight excluding hydrogens is 282 g/mol. The van der Waals surface area contributed by atoms with Gasteiger partial charge in [-0.15, -0.1) is 0 Å². The lowest BCUT2D eigenvalue weighted by Gasteiger charge is -2.11. The molecule has 3 nitrogen and oxygen atoms in total. The van der Waals surface area contributed by atoms with Crippen LogP contribution in [0.4, 0.5) is 0 Å². The van der Waals surface area contributed by atoms with Crippen molar-refractivity contribution in [3.8, 4) is 0 Å². The first-order valence-electron chi connectivity index (χ1n) is 6.80. The highest BCUT2D eigenvalue weighted by Crippen LogP contribution is 2.22. The Hall–Kier alpha value is -0.580. The van der Waals surface area contributed by atoms with Crippen LogP contribution in [0, 0.1) is 0 Å². The van der Waals surface area contributed by atoms with Gasteiger partial charge in [0.2, 0.25) is 0 Å². The highest BCUT2D eigenvalue weighted by atomic mass is 35.5. The quantitative estimate of drug-likeness (QED) is 0.822. The van der Waals surface area contributed by atoms with Gasteiger partial charge in [0.05, 0.1) is 15.7 Å². The van der Waals surface area contributed by atoms with Gasteiger partial charge in [-0.05, 0) is 37.9 Å². The van der Waals surface area contributed by atoms with Crippen LogP contribution in [0.15, 0.2) is 29.2 Å². The van der Waals surface area contributed by atoms with Gasteiger partial charge in [0.15, 0.2) is 9.84 Å². The van der Waals surface area contributed by atoms with Crippen LogP contribution < -0.4 is 5.32 Å². The van der Waals surface area contributed by atoms with Gasteiger partial charge in [-0.2, -0.15) is 0 Å². The van der Waals surface area contributed by atoms with Crippen LogP contribution in [-0.4, -0.2) is 26.8 Å². The van der Waals surface area contributed by atoms with E-state index in [1.807, 2.05) is 0 Å². The Morgan fingerprint density at radius 2 is 1.89 bits per heavy atom. The van der Waals surface area contributed by atoms with E-state index in [2.05, 4.69) is 5.32 Å². The molecule has 0 heterocycles. The molecule has 5 heteroatoms. The lowest BCUT2D eigenvalue weighted by Crippen LogP contribution is -2.28. The van der Waals surface area contributed by atoms with Crippen molar-refractivity contribution < 1.29 is 8.42 Å². The number of hydrogen-bond acceptors (Lipinski definition) is 3. The van der Waals surface area contributed by atoms with E-state index in [0.717, 1.165) is 6.54 Å². The topological polar surface area (TPSA) is 46.2 Å². The predicted molar refractivity (Wildman–Crippen MR) is 78.4 cm³/mol. The summed E-state index contributed by atoms with van der Waals surface area (Å²) in [4.78, 5) is 0.248. The Morgan fingerprint density at radius 1 is 1.21 bits per heavy atom. The molecule has 0 atom stereocenters. The zero-order chi connectivity index (χ0) is 13.7. The van der Waals surface area contributed by atoms with Gasteiger partial charge in [-0.3, -0.25) is 0 Å². The Morgan fingerprint density at radius 3 is 2.58 bits per heavy atom. The van der Waals surface area contributed by atoms with Gasteiger partial charge >= 0.3 is 0 Å². The normalized spacial score (nSPS) is 16.9. The van der Waals surface area contributed by atoms with Gasteiger partial charge in [-0.1, -0.05) is 36.6 Å². The molecule has 0 amide bonds. The molecule has 0 aromatic heterocycles. The monoisotopic (exact) mass is 301 g/mol. The van der Waals surface area contributed by atoms with Gasteiger partial charge in [0, 0.05) is 6.04 Å². The van der Waals surface area contributed by atoms with E-state index in [1.165, 1.54) is 25.7 Å². The van der Waals surface area contributed by atoms with E-state index < -0.39 is 9.84 Å². The molecule has 2 rings (SSSR count). The highest BCUT2D eigenvalue weighted by Gasteiger charge is 2.18. The summed E-state index contributed by atoms with van der Waals surface area (Å²) >= 11 is 5.93. The molecule has 0 aliphatic heterocycles. The summed E-state index contributed by atoms with van der Waals surface area (Å²) in [6.45, 7) is 0.758. The van der Waals surface area contributed by atoms with Crippen LogP contribution in [0.1, 0.15) is 32.1 Å². The van der Waals surface area contributed by atoms with Crippen LogP contribution in [-0.2, 0) is 9.84 Å². The van der Waals surface area contributed by atoms with Gasteiger partial charge in [0.25, 0.3) is 0 Å². The van der Waals surface area contributed by atoms with Gasteiger partial charge in [-0.25, -0.2) is 8.42 Å². The average Bonchev–Trinajstić information content (AvgIpc) is 2.88. The molecule has 0 bridgehead atoms. The summed E-state index contributed by atoms with van der Waals surface area (Å²) in [6.07, 6.45) is 5.64. The third-order valence-corrected chi connectivity index (χ3v) is 5.84. The van der Waals surface area contributed by atoms with E-state index in [-0.39, 0.29) is 10.6 Å². The maximum atomic E-state index is 12.1. The third-order valence-electron chi connectivity index (χ3n) is 3.55.